The van der Waals surface area contributed by atoms with Gasteiger partial charge in [-0.1, -0.05) is 18.2 Å². The van der Waals surface area contributed by atoms with E-state index in [0.29, 0.717) is 17.4 Å². The van der Waals surface area contributed by atoms with Crippen LogP contribution in [0.2, 0.25) is 0 Å². The number of fused-ring (bicyclic) bond motifs is 1. The third-order valence-corrected chi connectivity index (χ3v) is 4.41. The number of carbonyl (C=O) groups excluding carboxylic acids is 1. The molecule has 6 heteroatoms. The molecule has 1 amide bonds. The number of amides is 1. The molecule has 22 heavy (non-hydrogen) atoms. The van der Waals surface area contributed by atoms with Crippen LogP contribution in [0, 0.1) is 6.92 Å². The van der Waals surface area contributed by atoms with Crippen LogP contribution in [0.15, 0.2) is 36.7 Å². The normalized spacial score (nSPS) is 10.6. The average molecular weight is 313 g/mol. The third-order valence-electron chi connectivity index (χ3n) is 3.21. The predicted octanol–water partition coefficient (Wildman–Crippen LogP) is 3.65. The lowest BCUT2D eigenvalue weighted by Crippen LogP contribution is -2.11. The van der Waals surface area contributed by atoms with Gasteiger partial charge in [-0.15, -0.1) is 11.3 Å². The Balaban J connectivity index is 1.99. The van der Waals surface area contributed by atoms with Crippen molar-refractivity contribution >= 4 is 33.1 Å². The van der Waals surface area contributed by atoms with Gasteiger partial charge >= 0.3 is 0 Å². The quantitative estimate of drug-likeness (QED) is 0.798. The van der Waals surface area contributed by atoms with E-state index in [1.54, 1.807) is 0 Å². The molecule has 0 fully saturated rings. The van der Waals surface area contributed by atoms with Crippen LogP contribution in [0.5, 0.6) is 5.88 Å². The van der Waals surface area contributed by atoms with Crippen LogP contribution >= 0.6 is 11.3 Å². The van der Waals surface area contributed by atoms with Gasteiger partial charge in [-0.3, -0.25) is 4.79 Å². The van der Waals surface area contributed by atoms with E-state index >= 15 is 0 Å². The van der Waals surface area contributed by atoms with Gasteiger partial charge in [0, 0.05) is 5.69 Å². The Bertz CT molecular complexity index is 815. The first-order valence-corrected chi connectivity index (χ1v) is 7.75. The van der Waals surface area contributed by atoms with Gasteiger partial charge in [0.2, 0.25) is 5.88 Å². The molecule has 1 aromatic carbocycles. The summed E-state index contributed by atoms with van der Waals surface area (Å²) in [6.45, 7) is 4.32. The molecule has 5 nitrogen and oxygen atoms in total. The number of thiophene rings is 1. The highest BCUT2D eigenvalue weighted by molar-refractivity contribution is 7.20. The van der Waals surface area contributed by atoms with Crippen molar-refractivity contribution in [1.82, 2.24) is 9.97 Å². The van der Waals surface area contributed by atoms with E-state index in [2.05, 4.69) is 15.3 Å². The van der Waals surface area contributed by atoms with Crippen LogP contribution in [0.25, 0.3) is 10.2 Å². The zero-order chi connectivity index (χ0) is 15.5. The molecule has 0 aliphatic heterocycles. The fourth-order valence-electron chi connectivity index (χ4n) is 2.21. The van der Waals surface area contributed by atoms with Crippen molar-refractivity contribution in [3.63, 3.8) is 0 Å². The topological polar surface area (TPSA) is 64.1 Å². The smallest absolute Gasteiger partial charge is 0.266 e. The van der Waals surface area contributed by atoms with Crippen molar-refractivity contribution < 1.29 is 9.53 Å². The molecule has 0 unspecified atom stereocenters. The summed E-state index contributed by atoms with van der Waals surface area (Å²) in [5.74, 6) is 0.383. The molecule has 3 aromatic rings. The van der Waals surface area contributed by atoms with E-state index in [4.69, 9.17) is 4.74 Å². The lowest BCUT2D eigenvalue weighted by Gasteiger charge is -2.05. The molecule has 0 atom stereocenters. The van der Waals surface area contributed by atoms with Gasteiger partial charge in [0.25, 0.3) is 5.91 Å². The minimum Gasteiger partial charge on any atom is -0.477 e. The lowest BCUT2D eigenvalue weighted by molar-refractivity contribution is 0.103. The fourth-order valence-corrected chi connectivity index (χ4v) is 3.25. The van der Waals surface area contributed by atoms with Crippen molar-refractivity contribution in [1.29, 1.82) is 0 Å². The van der Waals surface area contributed by atoms with Crippen molar-refractivity contribution in [2.75, 3.05) is 11.9 Å². The van der Waals surface area contributed by atoms with Crippen LogP contribution in [0.3, 0.4) is 0 Å². The van der Waals surface area contributed by atoms with E-state index in [1.165, 1.54) is 17.7 Å². The first-order chi connectivity index (χ1) is 10.7. The Morgan fingerprint density at radius 1 is 1.27 bits per heavy atom. The molecule has 0 spiro atoms. The molecule has 0 saturated carbocycles. The van der Waals surface area contributed by atoms with Gasteiger partial charge in [0.05, 0.1) is 16.9 Å². The van der Waals surface area contributed by atoms with Gasteiger partial charge in [-0.2, -0.15) is 0 Å². The second-order valence-electron chi connectivity index (χ2n) is 4.67. The summed E-state index contributed by atoms with van der Waals surface area (Å²) in [5.41, 5.74) is 1.61. The van der Waals surface area contributed by atoms with Crippen LogP contribution < -0.4 is 10.1 Å². The molecule has 2 aromatic heterocycles. The number of carbonyl (C=O) groups is 1. The number of ether oxygens (including phenoxy) is 1. The van der Waals surface area contributed by atoms with E-state index in [0.717, 1.165) is 21.5 Å². The number of aryl methyl sites for hydroxylation is 1. The Kier molecular flexibility index (Phi) is 4.02. The second-order valence-corrected chi connectivity index (χ2v) is 5.67. The van der Waals surface area contributed by atoms with Crippen molar-refractivity contribution in [3.05, 3.63) is 47.1 Å². The highest BCUT2D eigenvalue weighted by atomic mass is 32.1. The summed E-state index contributed by atoms with van der Waals surface area (Å²) in [6, 6.07) is 9.38. The molecular weight excluding hydrogens is 298 g/mol. The standard InChI is InChI=1S/C16H15N3O2S/c1-3-21-15-12-10(2)13(22-16(12)18-9-17-15)14(20)19-11-7-5-4-6-8-11/h4-9H,3H2,1-2H3,(H,19,20). The number of hydrogen-bond acceptors (Lipinski definition) is 5. The summed E-state index contributed by atoms with van der Waals surface area (Å²) in [4.78, 5) is 22.3. The summed E-state index contributed by atoms with van der Waals surface area (Å²) < 4.78 is 5.54. The second kappa shape index (κ2) is 6.11. The number of hydrogen-bond donors (Lipinski definition) is 1. The minimum absolute atomic E-state index is 0.144. The summed E-state index contributed by atoms with van der Waals surface area (Å²) in [5, 5.41) is 3.71. The van der Waals surface area contributed by atoms with Gasteiger partial charge < -0.3 is 10.1 Å². The molecule has 112 valence electrons. The van der Waals surface area contributed by atoms with Gasteiger partial charge in [0.15, 0.2) is 0 Å². The molecule has 2 heterocycles. The molecular formula is C16H15N3O2S. The maximum Gasteiger partial charge on any atom is 0.266 e. The number of aromatic nitrogens is 2. The number of nitrogens with one attached hydrogen (secondary N) is 1. The highest BCUT2D eigenvalue weighted by Gasteiger charge is 2.19. The number of anilines is 1. The maximum atomic E-state index is 12.5. The Morgan fingerprint density at radius 3 is 2.77 bits per heavy atom. The Hall–Kier alpha value is -2.47. The minimum atomic E-state index is -0.144. The predicted molar refractivity (Wildman–Crippen MR) is 87.7 cm³/mol. The first-order valence-electron chi connectivity index (χ1n) is 6.94. The maximum absolute atomic E-state index is 12.5. The number of rotatable bonds is 4. The van der Waals surface area contributed by atoms with E-state index in [1.807, 2.05) is 44.2 Å². The zero-order valence-electron chi connectivity index (χ0n) is 12.3. The molecule has 0 radical (unpaired) electrons. The summed E-state index contributed by atoms with van der Waals surface area (Å²) in [6.07, 6.45) is 1.46. The van der Waals surface area contributed by atoms with E-state index < -0.39 is 0 Å². The van der Waals surface area contributed by atoms with Gasteiger partial charge in [-0.25, -0.2) is 9.97 Å². The Labute approximate surface area is 132 Å². The number of benzene rings is 1. The average Bonchev–Trinajstić information content (AvgIpc) is 2.87. The van der Waals surface area contributed by atoms with Crippen molar-refractivity contribution in [2.45, 2.75) is 13.8 Å². The van der Waals surface area contributed by atoms with E-state index in [9.17, 15) is 4.79 Å². The van der Waals surface area contributed by atoms with Crippen LogP contribution in [0.1, 0.15) is 22.2 Å². The molecule has 0 aliphatic rings. The molecule has 0 saturated heterocycles. The largest absolute Gasteiger partial charge is 0.477 e. The first kappa shape index (κ1) is 14.5. The number of nitrogens with zero attached hydrogens (tertiary/aromatic N) is 2. The summed E-state index contributed by atoms with van der Waals surface area (Å²) in [7, 11) is 0. The van der Waals surface area contributed by atoms with E-state index in [-0.39, 0.29) is 5.91 Å². The van der Waals surface area contributed by atoms with Gasteiger partial charge in [0.1, 0.15) is 11.2 Å². The molecule has 3 rings (SSSR count). The summed E-state index contributed by atoms with van der Waals surface area (Å²) >= 11 is 1.35. The highest BCUT2D eigenvalue weighted by Crippen LogP contribution is 2.34. The zero-order valence-corrected chi connectivity index (χ0v) is 13.1. The monoisotopic (exact) mass is 313 g/mol. The van der Waals surface area contributed by atoms with Crippen LogP contribution in [0.4, 0.5) is 5.69 Å². The van der Waals surface area contributed by atoms with Crippen molar-refractivity contribution in [3.8, 4) is 5.88 Å². The van der Waals surface area contributed by atoms with Crippen LogP contribution in [-0.4, -0.2) is 22.5 Å². The Morgan fingerprint density at radius 2 is 2.05 bits per heavy atom. The number of para-hydroxylation sites is 1. The SMILES string of the molecule is CCOc1ncnc2sc(C(=O)Nc3ccccc3)c(C)c12. The molecule has 0 bridgehead atoms. The lowest BCUT2D eigenvalue weighted by atomic mass is 10.2. The van der Waals surface area contributed by atoms with Gasteiger partial charge in [-0.05, 0) is 31.5 Å². The van der Waals surface area contributed by atoms with Crippen molar-refractivity contribution in [2.24, 2.45) is 0 Å². The fraction of sp³-hybridized carbons (Fsp3) is 0.188. The van der Waals surface area contributed by atoms with Crippen LogP contribution in [-0.2, 0) is 0 Å². The molecule has 1 N–H and O–H groups in total. The third kappa shape index (κ3) is 2.65. The molecule has 0 aliphatic carbocycles.